The molecule has 3 heterocycles. The number of benzene rings is 1. The Morgan fingerprint density at radius 2 is 2.06 bits per heavy atom. The number of halogens is 2. The molecule has 186 valence electrons. The van der Waals surface area contributed by atoms with Crippen molar-refractivity contribution in [3.8, 4) is 5.69 Å². The van der Waals surface area contributed by atoms with E-state index in [1.165, 1.54) is 34.1 Å². The first kappa shape index (κ1) is 26.6. The molecule has 8 nitrogen and oxygen atoms in total. The summed E-state index contributed by atoms with van der Waals surface area (Å²) >= 11 is 6.70. The fourth-order valence-electron chi connectivity index (χ4n) is 3.70. The molecule has 2 aromatic heterocycles. The van der Waals surface area contributed by atoms with E-state index in [2.05, 4.69) is 10.2 Å². The maximum absolute atomic E-state index is 14.4. The van der Waals surface area contributed by atoms with Gasteiger partial charge < -0.3 is 15.8 Å². The van der Waals surface area contributed by atoms with E-state index in [-0.39, 0.29) is 29.7 Å². The number of aromatic nitrogens is 1. The van der Waals surface area contributed by atoms with E-state index in [0.29, 0.717) is 21.5 Å². The van der Waals surface area contributed by atoms with Gasteiger partial charge in [-0.15, -0.1) is 11.3 Å². The molecule has 3 N–H and O–H groups in total. The van der Waals surface area contributed by atoms with Crippen LogP contribution in [0, 0.1) is 5.82 Å². The van der Waals surface area contributed by atoms with Crippen LogP contribution >= 0.6 is 22.9 Å². The molecule has 0 spiro atoms. The maximum Gasteiger partial charge on any atom is 0.258 e. The highest BCUT2D eigenvalue weighted by atomic mass is 35.5. The van der Waals surface area contributed by atoms with Gasteiger partial charge in [0.05, 0.1) is 33.7 Å². The summed E-state index contributed by atoms with van der Waals surface area (Å²) in [6.07, 6.45) is 3.59. The molecule has 1 saturated heterocycles. The molecule has 1 aliphatic heterocycles. The van der Waals surface area contributed by atoms with Crippen molar-refractivity contribution in [2.24, 2.45) is 5.73 Å². The predicted molar refractivity (Wildman–Crippen MR) is 135 cm³/mol. The van der Waals surface area contributed by atoms with Gasteiger partial charge in [-0.3, -0.25) is 23.9 Å². The van der Waals surface area contributed by atoms with Crippen molar-refractivity contribution >= 4 is 40.4 Å². The number of nitrogens with zero attached hydrogens (tertiary/aromatic N) is 2. The van der Waals surface area contributed by atoms with Gasteiger partial charge in [0.1, 0.15) is 5.82 Å². The lowest BCUT2D eigenvalue weighted by atomic mass is 10.2. The number of nitrogens with two attached hydrogens (primary N) is 1. The summed E-state index contributed by atoms with van der Waals surface area (Å²) in [4.78, 5) is 37.0. The van der Waals surface area contributed by atoms with Gasteiger partial charge in [-0.25, -0.2) is 4.39 Å². The van der Waals surface area contributed by atoms with Gasteiger partial charge in [-0.05, 0) is 49.7 Å². The number of methoxy groups -OCH3 is 1. The van der Waals surface area contributed by atoms with Crippen LogP contribution in [0.15, 0.2) is 59.5 Å². The van der Waals surface area contributed by atoms with Crippen molar-refractivity contribution < 1.29 is 18.7 Å². The number of carbonyl (C=O) groups is 2. The summed E-state index contributed by atoms with van der Waals surface area (Å²) in [5.74, 6) is -1.27. The Hall–Kier alpha value is -3.05. The van der Waals surface area contributed by atoms with Crippen LogP contribution < -0.4 is 16.6 Å². The van der Waals surface area contributed by atoms with Crippen molar-refractivity contribution in [3.63, 3.8) is 0 Å². The second-order valence-electron chi connectivity index (χ2n) is 7.81. The number of primary amides is 1. The number of carbonyl (C=O) groups excluding carboxylic acids is 2. The number of anilines is 1. The third kappa shape index (κ3) is 7.46. The fraction of sp³-hybridized carbons (Fsp3) is 0.292. The highest BCUT2D eigenvalue weighted by molar-refractivity contribution is 7.17. The molecular formula is C24H26ClFN4O4S. The Labute approximate surface area is 211 Å². The van der Waals surface area contributed by atoms with E-state index in [9.17, 15) is 18.8 Å². The zero-order chi connectivity index (χ0) is 25.4. The summed E-state index contributed by atoms with van der Waals surface area (Å²) < 4.78 is 21.5. The van der Waals surface area contributed by atoms with Crippen molar-refractivity contribution in [1.29, 1.82) is 0 Å². The molecule has 3 aromatic rings. The largest absolute Gasteiger partial charge is 0.383 e. The summed E-state index contributed by atoms with van der Waals surface area (Å²) in [6.45, 7) is 1.62. The van der Waals surface area contributed by atoms with E-state index in [4.69, 9.17) is 22.1 Å². The normalized spacial score (nSPS) is 15.3. The van der Waals surface area contributed by atoms with Crippen molar-refractivity contribution in [1.82, 2.24) is 9.47 Å². The molecule has 4 rings (SSSR count). The van der Waals surface area contributed by atoms with Crippen LogP contribution in [0.2, 0.25) is 4.34 Å². The molecule has 0 aliphatic carbocycles. The summed E-state index contributed by atoms with van der Waals surface area (Å²) in [6, 6.07) is 12.5. The first-order valence-corrected chi connectivity index (χ1v) is 12.0. The third-order valence-electron chi connectivity index (χ3n) is 5.35. The van der Waals surface area contributed by atoms with Gasteiger partial charge >= 0.3 is 0 Å². The molecule has 0 radical (unpaired) electrons. The SMILES string of the molecule is COCC1CCCN1CC(=O)Nc1ccc(-n2ccccc2=O)cc1F.NC(=O)c1ccc(Cl)s1. The van der Waals surface area contributed by atoms with Gasteiger partial charge in [0.2, 0.25) is 5.91 Å². The molecular weight excluding hydrogens is 495 g/mol. The van der Waals surface area contributed by atoms with E-state index >= 15 is 0 Å². The molecule has 1 unspecified atom stereocenters. The Morgan fingerprint density at radius 3 is 2.66 bits per heavy atom. The lowest BCUT2D eigenvalue weighted by Crippen LogP contribution is -2.39. The number of hydrogen-bond acceptors (Lipinski definition) is 6. The van der Waals surface area contributed by atoms with E-state index in [1.807, 2.05) is 0 Å². The summed E-state index contributed by atoms with van der Waals surface area (Å²) in [5, 5.41) is 2.61. The molecule has 35 heavy (non-hydrogen) atoms. The highest BCUT2D eigenvalue weighted by Crippen LogP contribution is 2.21. The molecule has 1 fully saturated rings. The number of hydrogen-bond donors (Lipinski definition) is 2. The van der Waals surface area contributed by atoms with Crippen molar-refractivity contribution in [3.05, 3.63) is 80.1 Å². The summed E-state index contributed by atoms with van der Waals surface area (Å²) in [7, 11) is 1.64. The molecule has 11 heteroatoms. The second kappa shape index (κ2) is 12.6. The molecule has 0 saturated carbocycles. The maximum atomic E-state index is 14.4. The minimum atomic E-state index is -0.582. The van der Waals surface area contributed by atoms with E-state index < -0.39 is 11.7 Å². The molecule has 1 atom stereocenters. The Bertz CT molecular complexity index is 1230. The highest BCUT2D eigenvalue weighted by Gasteiger charge is 2.26. The number of thiophene rings is 1. The van der Waals surface area contributed by atoms with E-state index in [1.54, 1.807) is 43.6 Å². The Kier molecular flexibility index (Phi) is 9.55. The van der Waals surface area contributed by atoms with Crippen LogP contribution in [0.3, 0.4) is 0 Å². The molecule has 2 amide bonds. The van der Waals surface area contributed by atoms with Crippen LogP contribution in [0.4, 0.5) is 10.1 Å². The van der Waals surface area contributed by atoms with Crippen LogP contribution in [-0.4, -0.2) is 54.1 Å². The number of nitrogens with one attached hydrogen (secondary N) is 1. The molecule has 1 aliphatic rings. The molecule has 0 bridgehead atoms. The third-order valence-corrected chi connectivity index (χ3v) is 6.59. The van der Waals surface area contributed by atoms with Crippen LogP contribution in [0.25, 0.3) is 5.69 Å². The zero-order valence-corrected chi connectivity index (χ0v) is 20.7. The monoisotopic (exact) mass is 520 g/mol. The average Bonchev–Trinajstić information content (AvgIpc) is 3.45. The van der Waals surface area contributed by atoms with Gasteiger partial charge in [-0.2, -0.15) is 0 Å². The lowest BCUT2D eigenvalue weighted by Gasteiger charge is -2.23. The first-order valence-electron chi connectivity index (χ1n) is 10.8. The lowest BCUT2D eigenvalue weighted by molar-refractivity contribution is -0.117. The number of ether oxygens (including phenoxy) is 1. The zero-order valence-electron chi connectivity index (χ0n) is 19.1. The Balaban J connectivity index is 0.000000320. The van der Waals surface area contributed by atoms with Gasteiger partial charge in [-0.1, -0.05) is 17.7 Å². The smallest absolute Gasteiger partial charge is 0.258 e. The van der Waals surface area contributed by atoms with Crippen molar-refractivity contribution in [2.75, 3.05) is 32.1 Å². The standard InChI is InChI=1S/C19H22FN3O3.C5H4ClNOS/c1-26-13-15-5-4-9-22(15)12-18(24)21-17-8-7-14(11-16(17)20)23-10-3-2-6-19(23)25;6-4-2-1-3(9-4)5(7)8/h2-3,6-8,10-11,15H,4-5,9,12-13H2,1H3,(H,21,24);1-2H,(H2,7,8). The van der Waals surface area contributed by atoms with E-state index in [0.717, 1.165) is 19.4 Å². The topological polar surface area (TPSA) is 107 Å². The van der Waals surface area contributed by atoms with Gasteiger partial charge in [0, 0.05) is 31.5 Å². The minimum Gasteiger partial charge on any atom is -0.383 e. The quantitative estimate of drug-likeness (QED) is 0.495. The average molecular weight is 521 g/mol. The summed E-state index contributed by atoms with van der Waals surface area (Å²) in [5.41, 5.74) is 5.20. The molecule has 1 aromatic carbocycles. The predicted octanol–water partition coefficient (Wildman–Crippen LogP) is 3.53. The van der Waals surface area contributed by atoms with Gasteiger partial charge in [0.15, 0.2) is 0 Å². The van der Waals surface area contributed by atoms with Gasteiger partial charge in [0.25, 0.3) is 11.5 Å². The second-order valence-corrected chi connectivity index (χ2v) is 9.53. The van der Waals surface area contributed by atoms with Crippen LogP contribution in [0.5, 0.6) is 0 Å². The number of rotatable bonds is 7. The van der Waals surface area contributed by atoms with Crippen LogP contribution in [-0.2, 0) is 9.53 Å². The van der Waals surface area contributed by atoms with Crippen LogP contribution in [0.1, 0.15) is 22.5 Å². The number of pyridine rings is 1. The minimum absolute atomic E-state index is 0.102. The van der Waals surface area contributed by atoms with Crippen molar-refractivity contribution in [2.45, 2.75) is 18.9 Å². The fourth-order valence-corrected chi connectivity index (χ4v) is 4.60. The number of likely N-dealkylation sites (tertiary alicyclic amines) is 1. The first-order chi connectivity index (χ1) is 16.8. The Morgan fingerprint density at radius 1 is 1.26 bits per heavy atom. The number of amides is 2.